The molecule has 0 N–H and O–H groups in total. The highest BCUT2D eigenvalue weighted by molar-refractivity contribution is 7.18. The van der Waals surface area contributed by atoms with Gasteiger partial charge in [-0.15, -0.1) is 9.24 Å². The zero-order valence-corrected chi connectivity index (χ0v) is 9.23. The normalized spacial score (nSPS) is 12.5. The minimum Gasteiger partial charge on any atom is -0.299 e. The molecule has 0 saturated heterocycles. The predicted molar refractivity (Wildman–Crippen MR) is 59.2 cm³/mol. The number of hydrogen-bond donors (Lipinski definition) is 0. The molecule has 70 valence electrons. The van der Waals surface area contributed by atoms with Crippen molar-refractivity contribution in [3.05, 3.63) is 35.4 Å². The van der Waals surface area contributed by atoms with E-state index in [1.54, 1.807) is 0 Å². The summed E-state index contributed by atoms with van der Waals surface area (Å²) >= 11 is 0. The second-order valence-electron chi connectivity index (χ2n) is 3.25. The van der Waals surface area contributed by atoms with Gasteiger partial charge in [0.2, 0.25) is 0 Å². The lowest BCUT2D eigenvalue weighted by Crippen LogP contribution is -2.11. The van der Waals surface area contributed by atoms with Gasteiger partial charge in [0.1, 0.15) is 5.78 Å². The van der Waals surface area contributed by atoms with Crippen molar-refractivity contribution in [3.63, 3.8) is 0 Å². The van der Waals surface area contributed by atoms with Crippen LogP contribution in [0.15, 0.2) is 24.3 Å². The number of rotatable bonds is 3. The molecule has 0 radical (unpaired) electrons. The molecule has 1 rings (SSSR count). The summed E-state index contributed by atoms with van der Waals surface area (Å²) in [6.07, 6.45) is 0.537. The molecule has 0 heterocycles. The first-order valence-electron chi connectivity index (χ1n) is 4.45. The zero-order chi connectivity index (χ0) is 9.84. The van der Waals surface area contributed by atoms with Crippen molar-refractivity contribution in [2.45, 2.75) is 19.8 Å². The summed E-state index contributed by atoms with van der Waals surface area (Å²) in [4.78, 5) is 11.4. The number of aryl methyl sites for hydroxylation is 1. The van der Waals surface area contributed by atoms with Gasteiger partial charge in [0, 0.05) is 12.1 Å². The molecular formula is C11H15OP. The molecule has 0 fully saturated rings. The topological polar surface area (TPSA) is 17.1 Å². The molecule has 2 atom stereocenters. The van der Waals surface area contributed by atoms with E-state index in [0.717, 1.165) is 5.56 Å². The van der Waals surface area contributed by atoms with Gasteiger partial charge in [-0.1, -0.05) is 31.2 Å². The third-order valence-electron chi connectivity index (χ3n) is 2.34. The molecule has 13 heavy (non-hydrogen) atoms. The standard InChI is InChI=1S/C11H15OP/c1-8-5-3-4-6-10(8)9(2)11(12)7-13/h3-6,9H,7,13H2,1-2H3. The fourth-order valence-electron chi connectivity index (χ4n) is 1.42. The summed E-state index contributed by atoms with van der Waals surface area (Å²) in [5.74, 6) is 0.304. The second kappa shape index (κ2) is 4.53. The monoisotopic (exact) mass is 194 g/mol. The molecule has 1 nitrogen and oxygen atoms in total. The van der Waals surface area contributed by atoms with E-state index in [1.807, 2.05) is 38.1 Å². The number of ketones is 1. The molecule has 0 aliphatic carbocycles. The van der Waals surface area contributed by atoms with Crippen LogP contribution in [-0.4, -0.2) is 11.9 Å². The summed E-state index contributed by atoms with van der Waals surface area (Å²) in [6.45, 7) is 4.01. The Morgan fingerprint density at radius 2 is 2.08 bits per heavy atom. The molecule has 0 amide bonds. The van der Waals surface area contributed by atoms with Crippen molar-refractivity contribution in [2.24, 2.45) is 0 Å². The van der Waals surface area contributed by atoms with E-state index in [0.29, 0.717) is 6.16 Å². The maximum atomic E-state index is 11.4. The van der Waals surface area contributed by atoms with Crippen LogP contribution in [0.3, 0.4) is 0 Å². The van der Waals surface area contributed by atoms with E-state index in [1.165, 1.54) is 5.56 Å². The quantitative estimate of drug-likeness (QED) is 0.676. The van der Waals surface area contributed by atoms with E-state index >= 15 is 0 Å². The largest absolute Gasteiger partial charge is 0.299 e. The maximum Gasteiger partial charge on any atom is 0.143 e. The van der Waals surface area contributed by atoms with Crippen LogP contribution in [0.2, 0.25) is 0 Å². The fourth-order valence-corrected chi connectivity index (χ4v) is 1.78. The van der Waals surface area contributed by atoms with Gasteiger partial charge in [-0.25, -0.2) is 0 Å². The van der Waals surface area contributed by atoms with Crippen molar-refractivity contribution < 1.29 is 4.79 Å². The fraction of sp³-hybridized carbons (Fsp3) is 0.364. The Labute approximate surface area is 81.7 Å². The number of Topliss-reactive ketones (excluding diaryl/α,β-unsaturated/α-hetero) is 1. The number of hydrogen-bond acceptors (Lipinski definition) is 1. The number of benzene rings is 1. The lowest BCUT2D eigenvalue weighted by Gasteiger charge is -2.11. The molecule has 0 spiro atoms. The number of carbonyl (C=O) groups excluding carboxylic acids is 1. The maximum absolute atomic E-state index is 11.4. The van der Waals surface area contributed by atoms with Crippen molar-refractivity contribution in [1.29, 1.82) is 0 Å². The van der Waals surface area contributed by atoms with Gasteiger partial charge in [0.25, 0.3) is 0 Å². The van der Waals surface area contributed by atoms with Crippen LogP contribution in [0, 0.1) is 6.92 Å². The van der Waals surface area contributed by atoms with Gasteiger partial charge in [0.15, 0.2) is 0 Å². The van der Waals surface area contributed by atoms with Gasteiger partial charge in [-0.2, -0.15) is 0 Å². The van der Waals surface area contributed by atoms with E-state index in [4.69, 9.17) is 0 Å². The molecule has 2 heteroatoms. The molecule has 0 aromatic heterocycles. The van der Waals surface area contributed by atoms with E-state index < -0.39 is 0 Å². The van der Waals surface area contributed by atoms with Crippen molar-refractivity contribution in [1.82, 2.24) is 0 Å². The molecule has 0 aliphatic rings. The van der Waals surface area contributed by atoms with Gasteiger partial charge >= 0.3 is 0 Å². The van der Waals surface area contributed by atoms with Crippen LogP contribution < -0.4 is 0 Å². The molecule has 0 saturated carbocycles. The van der Waals surface area contributed by atoms with E-state index in [9.17, 15) is 4.79 Å². The Kier molecular flexibility index (Phi) is 3.62. The summed E-state index contributed by atoms with van der Waals surface area (Å²) in [5.41, 5.74) is 2.34. The smallest absolute Gasteiger partial charge is 0.143 e. The van der Waals surface area contributed by atoms with Gasteiger partial charge in [-0.05, 0) is 18.1 Å². The van der Waals surface area contributed by atoms with Gasteiger partial charge < -0.3 is 0 Å². The number of carbonyl (C=O) groups is 1. The summed E-state index contributed by atoms with van der Waals surface area (Å²) in [5, 5.41) is 0. The minimum atomic E-state index is 0.0266. The van der Waals surface area contributed by atoms with Crippen LogP contribution in [0.4, 0.5) is 0 Å². The summed E-state index contributed by atoms with van der Waals surface area (Å²) < 4.78 is 0. The first-order valence-corrected chi connectivity index (χ1v) is 5.26. The Bertz CT molecular complexity index is 307. The summed E-state index contributed by atoms with van der Waals surface area (Å²) in [6, 6.07) is 8.05. The highest BCUT2D eigenvalue weighted by Crippen LogP contribution is 2.20. The van der Waals surface area contributed by atoms with E-state index in [-0.39, 0.29) is 11.7 Å². The Morgan fingerprint density at radius 3 is 2.62 bits per heavy atom. The first-order chi connectivity index (χ1) is 6.16. The first kappa shape index (κ1) is 10.4. The van der Waals surface area contributed by atoms with Crippen LogP contribution in [-0.2, 0) is 4.79 Å². The predicted octanol–water partition coefficient (Wildman–Crippen LogP) is 2.54. The molecular weight excluding hydrogens is 179 g/mol. The average Bonchev–Trinajstić information content (AvgIpc) is 2.16. The summed E-state index contributed by atoms with van der Waals surface area (Å²) in [7, 11) is 2.48. The van der Waals surface area contributed by atoms with Crippen LogP contribution in [0.25, 0.3) is 0 Å². The third-order valence-corrected chi connectivity index (χ3v) is 2.74. The third kappa shape index (κ3) is 2.38. The average molecular weight is 194 g/mol. The Morgan fingerprint density at radius 1 is 1.46 bits per heavy atom. The van der Waals surface area contributed by atoms with Gasteiger partial charge in [0.05, 0.1) is 0 Å². The van der Waals surface area contributed by atoms with Crippen LogP contribution in [0.5, 0.6) is 0 Å². The second-order valence-corrected chi connectivity index (χ2v) is 3.66. The molecule has 1 aromatic rings. The van der Waals surface area contributed by atoms with Crippen LogP contribution in [0.1, 0.15) is 24.0 Å². The van der Waals surface area contributed by atoms with Crippen molar-refractivity contribution >= 4 is 15.0 Å². The molecule has 1 aromatic carbocycles. The SMILES string of the molecule is Cc1ccccc1C(C)C(=O)CP. The Hall–Kier alpha value is -0.680. The van der Waals surface area contributed by atoms with Crippen molar-refractivity contribution in [3.8, 4) is 0 Å². The molecule has 2 unspecified atom stereocenters. The highest BCUT2D eigenvalue weighted by Gasteiger charge is 2.14. The van der Waals surface area contributed by atoms with Crippen molar-refractivity contribution in [2.75, 3.05) is 6.16 Å². The van der Waals surface area contributed by atoms with Gasteiger partial charge in [-0.3, -0.25) is 4.79 Å². The minimum absolute atomic E-state index is 0.0266. The highest BCUT2D eigenvalue weighted by atomic mass is 31.0. The van der Waals surface area contributed by atoms with E-state index in [2.05, 4.69) is 9.24 Å². The molecule has 0 aliphatic heterocycles. The zero-order valence-electron chi connectivity index (χ0n) is 8.08. The lowest BCUT2D eigenvalue weighted by molar-refractivity contribution is -0.117. The Balaban J connectivity index is 2.95. The molecule has 0 bridgehead atoms. The van der Waals surface area contributed by atoms with Crippen LogP contribution >= 0.6 is 9.24 Å². The lowest BCUT2D eigenvalue weighted by atomic mass is 9.94.